The van der Waals surface area contributed by atoms with Gasteiger partial charge < -0.3 is 52.3 Å². The molecule has 0 N–H and O–H groups in total. The van der Waals surface area contributed by atoms with Gasteiger partial charge in [0.05, 0.1) is 92.5 Å². The summed E-state index contributed by atoms with van der Waals surface area (Å²) in [5.74, 6) is 3.57. The molecule has 0 amide bonds. The van der Waals surface area contributed by atoms with Crippen molar-refractivity contribution in [2.24, 2.45) is 0 Å². The average Bonchev–Trinajstić information content (AvgIpc) is 3.34. The van der Waals surface area contributed by atoms with E-state index in [9.17, 15) is 0 Å². The molecule has 2 heterocycles. The molecule has 0 spiro atoms. The second-order valence-electron chi connectivity index (χ2n) is 16.7. The molecule has 10 bridgehead atoms. The number of fused-ring (bicyclic) bond motifs is 24. The molecule has 5 aromatic carbocycles. The van der Waals surface area contributed by atoms with Gasteiger partial charge in [0.25, 0.3) is 0 Å². The highest BCUT2D eigenvalue weighted by molar-refractivity contribution is 5.56. The van der Waals surface area contributed by atoms with Crippen LogP contribution in [0.4, 0.5) is 5.69 Å². The predicted molar refractivity (Wildman–Crippen MR) is 263 cm³/mol. The van der Waals surface area contributed by atoms with Crippen LogP contribution in [-0.4, -0.2) is 119 Å². The summed E-state index contributed by atoms with van der Waals surface area (Å²) in [5.41, 5.74) is 9.93. The summed E-state index contributed by atoms with van der Waals surface area (Å²) in [5, 5.41) is 0. The zero-order valence-electron chi connectivity index (χ0n) is 39.8. The van der Waals surface area contributed by atoms with Crippen molar-refractivity contribution in [1.29, 1.82) is 0 Å². The number of benzene rings is 5. The smallest absolute Gasteiger partial charge is 0.126 e. The van der Waals surface area contributed by atoms with Crippen molar-refractivity contribution < 1.29 is 47.4 Å². The molecule has 0 fully saturated rings. The number of rotatable bonds is 7. The fourth-order valence-corrected chi connectivity index (χ4v) is 8.48. The summed E-state index contributed by atoms with van der Waals surface area (Å²) in [7, 11) is 0. The maximum absolute atomic E-state index is 6.76. The van der Waals surface area contributed by atoms with Crippen LogP contribution in [0.15, 0.2) is 103 Å². The highest BCUT2D eigenvalue weighted by atomic mass is 16.6. The van der Waals surface area contributed by atoms with Crippen LogP contribution >= 0.6 is 0 Å². The number of anilines is 1. The van der Waals surface area contributed by atoms with E-state index in [0.29, 0.717) is 131 Å². The first kappa shape index (κ1) is 49.8. The van der Waals surface area contributed by atoms with Crippen LogP contribution in [0.25, 0.3) is 0 Å². The first-order chi connectivity index (χ1) is 33.2. The summed E-state index contributed by atoms with van der Waals surface area (Å²) in [6.45, 7) is 13.7. The maximum Gasteiger partial charge on any atom is 0.126 e. The average molecular weight is 918 g/mol. The van der Waals surface area contributed by atoms with Crippen molar-refractivity contribution >= 4 is 5.69 Å². The van der Waals surface area contributed by atoms with E-state index in [1.54, 1.807) is 0 Å². The van der Waals surface area contributed by atoms with Crippen molar-refractivity contribution in [3.05, 3.63) is 148 Å². The molecule has 11 heteroatoms. The second-order valence-corrected chi connectivity index (χ2v) is 16.7. The number of nitrogens with zero attached hydrogens (tertiary/aromatic N) is 1. The first-order valence-corrected chi connectivity index (χ1v) is 24.4. The van der Waals surface area contributed by atoms with Crippen LogP contribution < -0.4 is 23.8 Å². The van der Waals surface area contributed by atoms with Crippen LogP contribution in [0.5, 0.6) is 23.0 Å². The summed E-state index contributed by atoms with van der Waals surface area (Å²) in [4.78, 5) is 2.28. The van der Waals surface area contributed by atoms with Gasteiger partial charge in [0.2, 0.25) is 0 Å². The van der Waals surface area contributed by atoms with Gasteiger partial charge in [-0.25, -0.2) is 0 Å². The molecule has 0 unspecified atom stereocenters. The SMILES string of the molecule is CCCOc1c2cccc1Cc1cccc3c1OCCOCCOCCOCCN(c1ccccc1)CCOCCOCCOCCOc1c(cccc1Cc1cccc(c1OCCC)C3)C2. The Hall–Kier alpha value is -5.14. The van der Waals surface area contributed by atoms with E-state index >= 15 is 0 Å². The number of hydrogen-bond acceptors (Lipinski definition) is 11. The Labute approximate surface area is 398 Å². The zero-order chi connectivity index (χ0) is 46.1. The van der Waals surface area contributed by atoms with Crippen molar-refractivity contribution in [2.75, 3.05) is 124 Å². The summed E-state index contributed by atoms with van der Waals surface area (Å²) in [6.07, 6.45) is 4.32. The number of ether oxygens (including phenoxy) is 10. The zero-order valence-corrected chi connectivity index (χ0v) is 39.8. The molecule has 1 aliphatic carbocycles. The van der Waals surface area contributed by atoms with Gasteiger partial charge in [-0.1, -0.05) is 105 Å². The molecule has 3 aliphatic rings. The fourth-order valence-electron chi connectivity index (χ4n) is 8.48. The van der Waals surface area contributed by atoms with E-state index in [0.717, 1.165) is 99.1 Å². The van der Waals surface area contributed by atoms with Gasteiger partial charge in [0, 0.05) is 44.5 Å². The van der Waals surface area contributed by atoms with Gasteiger partial charge in [0.15, 0.2) is 0 Å². The molecular weight excluding hydrogens is 847 g/mol. The largest absolute Gasteiger partial charge is 0.493 e. The molecule has 0 aromatic heterocycles. The van der Waals surface area contributed by atoms with Crippen LogP contribution in [-0.2, 0) is 54.1 Å². The summed E-state index contributed by atoms with van der Waals surface area (Å²) < 4.78 is 62.6. The highest BCUT2D eigenvalue weighted by Crippen LogP contribution is 2.39. The van der Waals surface area contributed by atoms with Gasteiger partial charge in [-0.3, -0.25) is 0 Å². The molecule has 0 atom stereocenters. The van der Waals surface area contributed by atoms with Crippen LogP contribution in [0.1, 0.15) is 71.2 Å². The third-order valence-corrected chi connectivity index (χ3v) is 11.7. The van der Waals surface area contributed by atoms with E-state index in [4.69, 9.17) is 47.4 Å². The van der Waals surface area contributed by atoms with E-state index in [-0.39, 0.29) is 0 Å². The van der Waals surface area contributed by atoms with E-state index in [1.807, 2.05) is 6.07 Å². The van der Waals surface area contributed by atoms with Crippen LogP contribution in [0, 0.1) is 0 Å². The Morgan fingerprint density at radius 2 is 0.672 bits per heavy atom. The van der Waals surface area contributed by atoms with Crippen molar-refractivity contribution in [1.82, 2.24) is 0 Å². The van der Waals surface area contributed by atoms with Gasteiger partial charge in [0.1, 0.15) is 36.2 Å². The van der Waals surface area contributed by atoms with E-state index in [2.05, 4.69) is 116 Å². The van der Waals surface area contributed by atoms with E-state index < -0.39 is 0 Å². The van der Waals surface area contributed by atoms with Crippen molar-refractivity contribution in [2.45, 2.75) is 52.4 Å². The minimum Gasteiger partial charge on any atom is -0.493 e. The Morgan fingerprint density at radius 1 is 0.358 bits per heavy atom. The monoisotopic (exact) mass is 918 g/mol. The lowest BCUT2D eigenvalue weighted by Crippen LogP contribution is -2.31. The van der Waals surface area contributed by atoms with Gasteiger partial charge in [-0.05, 0) is 69.5 Å². The molecule has 0 saturated carbocycles. The Morgan fingerprint density at radius 3 is 1.01 bits per heavy atom. The minimum atomic E-state index is 0.394. The topological polar surface area (TPSA) is 95.5 Å². The second kappa shape index (κ2) is 28.3. The van der Waals surface area contributed by atoms with Gasteiger partial charge in [-0.15, -0.1) is 0 Å². The molecule has 67 heavy (non-hydrogen) atoms. The minimum absolute atomic E-state index is 0.394. The molecule has 2 aliphatic heterocycles. The Balaban J connectivity index is 1.15. The predicted octanol–water partition coefficient (Wildman–Crippen LogP) is 9.32. The first-order valence-electron chi connectivity index (χ1n) is 24.4. The lowest BCUT2D eigenvalue weighted by atomic mass is 9.91. The van der Waals surface area contributed by atoms with E-state index in [1.165, 1.54) is 0 Å². The lowest BCUT2D eigenvalue weighted by molar-refractivity contribution is 0.00843. The van der Waals surface area contributed by atoms with Gasteiger partial charge >= 0.3 is 0 Å². The summed E-state index contributed by atoms with van der Waals surface area (Å²) in [6, 6.07) is 36.3. The number of para-hydroxylation sites is 5. The quantitative estimate of drug-likeness (QED) is 0.144. The van der Waals surface area contributed by atoms with Crippen molar-refractivity contribution in [3.8, 4) is 23.0 Å². The standard InChI is InChI=1S/C56H71NO10/c1-3-24-64-53-44-12-8-13-45(53)41-49-17-11-19-51-43-47-15-9-14-46(54(47)65-25-4-2)42-50-18-10-16-48(40-44)55(50)66-38-36-62-34-32-60-30-28-58-26-22-57(52-20-6-5-7-21-52)23-27-59-29-31-61-33-35-63-37-39-67-56(49)51/h5-21H,3-4,22-43H2,1-2H3. The van der Waals surface area contributed by atoms with Crippen LogP contribution in [0.2, 0.25) is 0 Å². The van der Waals surface area contributed by atoms with Crippen LogP contribution in [0.3, 0.4) is 0 Å². The maximum atomic E-state index is 6.76. The summed E-state index contributed by atoms with van der Waals surface area (Å²) >= 11 is 0. The third kappa shape index (κ3) is 15.4. The number of hydrogen-bond donors (Lipinski definition) is 0. The molecule has 0 radical (unpaired) electrons. The molecule has 360 valence electrons. The molecule has 11 nitrogen and oxygen atoms in total. The van der Waals surface area contributed by atoms with Gasteiger partial charge in [-0.2, -0.15) is 0 Å². The fraction of sp³-hybridized carbons (Fsp3) is 0.464. The Kier molecular flexibility index (Phi) is 21.0. The normalized spacial score (nSPS) is 16.9. The van der Waals surface area contributed by atoms with Crippen molar-refractivity contribution in [3.63, 3.8) is 0 Å². The lowest BCUT2D eigenvalue weighted by Gasteiger charge is -2.24. The third-order valence-electron chi connectivity index (χ3n) is 11.7. The molecule has 5 aromatic rings. The highest BCUT2D eigenvalue weighted by Gasteiger charge is 2.22. The molecule has 0 saturated heterocycles. The molecular formula is C56H71NO10. The Bertz CT molecular complexity index is 1980. The molecule has 8 rings (SSSR count).